The Bertz CT molecular complexity index is 464. The van der Waals surface area contributed by atoms with Crippen LogP contribution in [0.5, 0.6) is 0 Å². The topological polar surface area (TPSA) is 17.3 Å². The maximum absolute atomic E-state index is 5.69. The minimum absolute atomic E-state index is 0.641. The summed E-state index contributed by atoms with van der Waals surface area (Å²) in [5.74, 6) is 0.690. The van der Waals surface area contributed by atoms with Gasteiger partial charge in [0, 0.05) is 17.0 Å². The SMILES string of the molecule is C=C(Cl)CSc1ncc2ccccn12. The molecule has 0 N–H and O–H groups in total. The van der Waals surface area contributed by atoms with E-state index in [4.69, 9.17) is 11.6 Å². The largest absolute Gasteiger partial charge is 0.295 e. The average Bonchev–Trinajstić information content (AvgIpc) is 2.58. The Morgan fingerprint density at radius 3 is 3.21 bits per heavy atom. The third-order valence-electron chi connectivity index (χ3n) is 1.76. The zero-order chi connectivity index (χ0) is 9.97. The second-order valence-corrected chi connectivity index (χ2v) is 4.32. The van der Waals surface area contributed by atoms with Gasteiger partial charge in [0.05, 0.1) is 11.7 Å². The summed E-state index contributed by atoms with van der Waals surface area (Å²) in [6.07, 6.45) is 3.83. The molecule has 0 saturated carbocycles. The van der Waals surface area contributed by atoms with Gasteiger partial charge in [-0.25, -0.2) is 4.98 Å². The molecule has 0 aromatic carbocycles. The first-order chi connectivity index (χ1) is 6.77. The fourth-order valence-corrected chi connectivity index (χ4v) is 2.05. The Morgan fingerprint density at radius 2 is 2.43 bits per heavy atom. The van der Waals surface area contributed by atoms with E-state index >= 15 is 0 Å². The van der Waals surface area contributed by atoms with Gasteiger partial charge >= 0.3 is 0 Å². The molecule has 0 bridgehead atoms. The molecule has 0 aliphatic heterocycles. The Morgan fingerprint density at radius 1 is 1.57 bits per heavy atom. The minimum Gasteiger partial charge on any atom is -0.295 e. The van der Waals surface area contributed by atoms with Crippen LogP contribution >= 0.6 is 23.4 Å². The third kappa shape index (κ3) is 1.94. The number of fused-ring (bicyclic) bond motifs is 1. The Kier molecular flexibility index (Phi) is 2.79. The van der Waals surface area contributed by atoms with Crippen molar-refractivity contribution in [1.82, 2.24) is 9.38 Å². The van der Waals surface area contributed by atoms with Crippen LogP contribution in [-0.2, 0) is 0 Å². The van der Waals surface area contributed by atoms with Crippen LogP contribution in [0.15, 0.2) is 47.4 Å². The Hall–Kier alpha value is -0.930. The van der Waals surface area contributed by atoms with E-state index in [-0.39, 0.29) is 0 Å². The molecule has 4 heteroatoms. The van der Waals surface area contributed by atoms with Crippen molar-refractivity contribution in [2.75, 3.05) is 5.75 Å². The van der Waals surface area contributed by atoms with E-state index in [0.29, 0.717) is 10.8 Å². The molecular formula is C10H9ClN2S. The van der Waals surface area contributed by atoms with Crippen molar-refractivity contribution in [3.63, 3.8) is 0 Å². The Labute approximate surface area is 91.6 Å². The highest BCUT2D eigenvalue weighted by Gasteiger charge is 2.02. The van der Waals surface area contributed by atoms with E-state index in [1.165, 1.54) is 0 Å². The lowest BCUT2D eigenvalue weighted by atomic mass is 10.4. The quantitative estimate of drug-likeness (QED) is 0.745. The number of aromatic nitrogens is 2. The number of imidazole rings is 1. The van der Waals surface area contributed by atoms with E-state index in [9.17, 15) is 0 Å². The molecule has 72 valence electrons. The third-order valence-corrected chi connectivity index (χ3v) is 3.11. The second-order valence-electron chi connectivity index (χ2n) is 2.84. The van der Waals surface area contributed by atoms with E-state index in [1.54, 1.807) is 11.8 Å². The molecule has 0 aliphatic rings. The molecule has 2 aromatic rings. The number of rotatable bonds is 3. The average molecular weight is 225 g/mol. The van der Waals surface area contributed by atoms with Crippen LogP contribution < -0.4 is 0 Å². The summed E-state index contributed by atoms with van der Waals surface area (Å²) in [6, 6.07) is 5.99. The molecule has 0 atom stereocenters. The van der Waals surface area contributed by atoms with E-state index < -0.39 is 0 Å². The molecule has 0 aliphatic carbocycles. The van der Waals surface area contributed by atoms with Gasteiger partial charge in [-0.05, 0) is 12.1 Å². The van der Waals surface area contributed by atoms with Crippen LogP contribution in [0, 0.1) is 0 Å². The summed E-state index contributed by atoms with van der Waals surface area (Å²) in [7, 11) is 0. The molecule has 2 heterocycles. The van der Waals surface area contributed by atoms with Gasteiger partial charge in [-0.1, -0.05) is 36.0 Å². The molecule has 0 saturated heterocycles. The van der Waals surface area contributed by atoms with Crippen LogP contribution in [0.1, 0.15) is 0 Å². The van der Waals surface area contributed by atoms with Gasteiger partial charge in [0.25, 0.3) is 0 Å². The highest BCUT2D eigenvalue weighted by atomic mass is 35.5. The summed E-state index contributed by atoms with van der Waals surface area (Å²) in [5.41, 5.74) is 1.09. The molecule has 2 rings (SSSR count). The summed E-state index contributed by atoms with van der Waals surface area (Å²) >= 11 is 7.28. The van der Waals surface area contributed by atoms with E-state index in [0.717, 1.165) is 10.7 Å². The van der Waals surface area contributed by atoms with Crippen LogP contribution in [0.3, 0.4) is 0 Å². The maximum Gasteiger partial charge on any atom is 0.172 e. The number of hydrogen-bond acceptors (Lipinski definition) is 2. The van der Waals surface area contributed by atoms with Crippen LogP contribution in [0.25, 0.3) is 5.52 Å². The van der Waals surface area contributed by atoms with Gasteiger partial charge in [0.15, 0.2) is 5.16 Å². The number of halogens is 1. The molecule has 0 amide bonds. The molecule has 0 fully saturated rings. The van der Waals surface area contributed by atoms with Crippen LogP contribution in [0.4, 0.5) is 0 Å². The lowest BCUT2D eigenvalue weighted by Crippen LogP contribution is -1.87. The van der Waals surface area contributed by atoms with Gasteiger partial charge in [-0.3, -0.25) is 4.40 Å². The van der Waals surface area contributed by atoms with Crippen molar-refractivity contribution in [2.45, 2.75) is 5.16 Å². The number of hydrogen-bond donors (Lipinski definition) is 0. The lowest BCUT2D eigenvalue weighted by Gasteiger charge is -1.98. The highest BCUT2D eigenvalue weighted by molar-refractivity contribution is 7.99. The molecular weight excluding hydrogens is 216 g/mol. The number of nitrogens with zero attached hydrogens (tertiary/aromatic N) is 2. The summed E-state index contributed by atoms with van der Waals surface area (Å²) in [4.78, 5) is 4.29. The maximum atomic E-state index is 5.69. The standard InChI is InChI=1S/C10H9ClN2S/c1-8(11)7-14-10-12-6-9-4-2-3-5-13(9)10/h2-6H,1,7H2. The fraction of sp³-hybridized carbons (Fsp3) is 0.100. The summed E-state index contributed by atoms with van der Waals surface area (Å²) < 4.78 is 2.03. The van der Waals surface area contributed by atoms with Crippen molar-refractivity contribution >= 4 is 28.9 Å². The number of thioether (sulfide) groups is 1. The van der Waals surface area contributed by atoms with E-state index in [1.807, 2.05) is 35.0 Å². The van der Waals surface area contributed by atoms with Gasteiger partial charge in [0.2, 0.25) is 0 Å². The zero-order valence-corrected chi connectivity index (χ0v) is 9.05. The van der Waals surface area contributed by atoms with Crippen LogP contribution in [0.2, 0.25) is 0 Å². The minimum atomic E-state index is 0.641. The molecule has 0 spiro atoms. The van der Waals surface area contributed by atoms with Gasteiger partial charge in [0.1, 0.15) is 0 Å². The molecule has 0 radical (unpaired) electrons. The van der Waals surface area contributed by atoms with Crippen molar-refractivity contribution < 1.29 is 0 Å². The van der Waals surface area contributed by atoms with E-state index in [2.05, 4.69) is 11.6 Å². The molecule has 0 unspecified atom stereocenters. The van der Waals surface area contributed by atoms with Gasteiger partial charge < -0.3 is 0 Å². The van der Waals surface area contributed by atoms with Crippen molar-refractivity contribution in [1.29, 1.82) is 0 Å². The summed E-state index contributed by atoms with van der Waals surface area (Å²) in [6.45, 7) is 3.64. The monoisotopic (exact) mass is 224 g/mol. The predicted molar refractivity (Wildman–Crippen MR) is 60.9 cm³/mol. The van der Waals surface area contributed by atoms with Crippen LogP contribution in [-0.4, -0.2) is 15.1 Å². The zero-order valence-electron chi connectivity index (χ0n) is 7.48. The predicted octanol–water partition coefficient (Wildman–Crippen LogP) is 3.18. The Balaban J connectivity index is 2.29. The molecule has 14 heavy (non-hydrogen) atoms. The second kappa shape index (κ2) is 4.07. The fourth-order valence-electron chi connectivity index (χ4n) is 1.17. The van der Waals surface area contributed by atoms with Gasteiger partial charge in [-0.15, -0.1) is 0 Å². The number of pyridine rings is 1. The smallest absolute Gasteiger partial charge is 0.172 e. The normalized spacial score (nSPS) is 10.6. The first-order valence-corrected chi connectivity index (χ1v) is 5.52. The highest BCUT2D eigenvalue weighted by Crippen LogP contribution is 2.20. The van der Waals surface area contributed by atoms with Gasteiger partial charge in [-0.2, -0.15) is 0 Å². The lowest BCUT2D eigenvalue weighted by molar-refractivity contribution is 0.960. The van der Waals surface area contributed by atoms with Crippen molar-refractivity contribution in [2.24, 2.45) is 0 Å². The van der Waals surface area contributed by atoms with Crippen molar-refractivity contribution in [3.05, 3.63) is 42.2 Å². The summed E-state index contributed by atoms with van der Waals surface area (Å²) in [5, 5.41) is 1.59. The first kappa shape index (κ1) is 9.62. The molecule has 2 aromatic heterocycles. The van der Waals surface area contributed by atoms with Crippen molar-refractivity contribution in [3.8, 4) is 0 Å². The molecule has 2 nitrogen and oxygen atoms in total. The first-order valence-electron chi connectivity index (χ1n) is 4.15.